The topological polar surface area (TPSA) is 71.1 Å². The first kappa shape index (κ1) is 20.8. The van der Waals surface area contributed by atoms with Crippen molar-refractivity contribution in [2.45, 2.75) is 23.5 Å². The number of benzene rings is 2. The molecule has 3 aromatic rings. The number of carbonyl (C=O) groups is 2. The van der Waals surface area contributed by atoms with Crippen LogP contribution >= 0.6 is 23.1 Å². The second kappa shape index (κ2) is 10.6. The van der Waals surface area contributed by atoms with Crippen molar-refractivity contribution in [1.29, 1.82) is 0 Å². The lowest BCUT2D eigenvalue weighted by Gasteiger charge is -2.14. The molecule has 0 fully saturated rings. The standard InChI is InChI=1S/C22H21N3O2S2/c1-2-19(21(27)25-22-23-13-14-28-22)29-18-10-6-9-17(15-18)24-20(26)12-11-16-7-4-3-5-8-16/h3-15,19H,2H2,1H3,(H,24,26)(H,23,25,27)/b12-11+. The van der Waals surface area contributed by atoms with Crippen LogP contribution in [-0.2, 0) is 9.59 Å². The summed E-state index contributed by atoms with van der Waals surface area (Å²) in [6.07, 6.45) is 5.61. The lowest BCUT2D eigenvalue weighted by molar-refractivity contribution is -0.115. The summed E-state index contributed by atoms with van der Waals surface area (Å²) in [5.74, 6) is -0.280. The van der Waals surface area contributed by atoms with Gasteiger partial charge < -0.3 is 10.6 Å². The van der Waals surface area contributed by atoms with Gasteiger partial charge in [0.25, 0.3) is 0 Å². The van der Waals surface area contributed by atoms with Crippen molar-refractivity contribution in [2.24, 2.45) is 0 Å². The van der Waals surface area contributed by atoms with Crippen LogP contribution in [0.25, 0.3) is 6.08 Å². The summed E-state index contributed by atoms with van der Waals surface area (Å²) >= 11 is 2.86. The van der Waals surface area contributed by atoms with E-state index in [1.807, 2.05) is 66.9 Å². The zero-order valence-electron chi connectivity index (χ0n) is 15.9. The van der Waals surface area contributed by atoms with Crippen LogP contribution in [0.1, 0.15) is 18.9 Å². The molecule has 29 heavy (non-hydrogen) atoms. The maximum Gasteiger partial charge on any atom is 0.248 e. The molecule has 2 amide bonds. The van der Waals surface area contributed by atoms with Crippen LogP contribution in [0.5, 0.6) is 0 Å². The monoisotopic (exact) mass is 423 g/mol. The molecular formula is C22H21N3O2S2. The Labute approximate surface area is 178 Å². The molecule has 0 radical (unpaired) electrons. The molecule has 1 heterocycles. The van der Waals surface area contributed by atoms with Crippen LogP contribution in [0.2, 0.25) is 0 Å². The van der Waals surface area contributed by atoms with Gasteiger partial charge in [0.1, 0.15) is 0 Å². The summed E-state index contributed by atoms with van der Waals surface area (Å²) in [6.45, 7) is 1.97. The molecule has 0 spiro atoms. The molecule has 7 heteroatoms. The van der Waals surface area contributed by atoms with Crippen molar-refractivity contribution in [3.05, 3.63) is 77.8 Å². The lowest BCUT2D eigenvalue weighted by atomic mass is 10.2. The number of anilines is 2. The second-order valence-corrected chi connectivity index (χ2v) is 8.27. The number of amides is 2. The third-order valence-corrected chi connectivity index (χ3v) is 5.98. The van der Waals surface area contributed by atoms with Crippen molar-refractivity contribution >= 4 is 51.8 Å². The first-order chi connectivity index (χ1) is 14.1. The van der Waals surface area contributed by atoms with E-state index in [1.165, 1.54) is 29.2 Å². The molecule has 1 aromatic heterocycles. The third kappa shape index (κ3) is 6.58. The van der Waals surface area contributed by atoms with Gasteiger partial charge in [0.15, 0.2) is 5.13 Å². The molecule has 0 aliphatic carbocycles. The molecular weight excluding hydrogens is 402 g/mol. The highest BCUT2D eigenvalue weighted by Gasteiger charge is 2.19. The minimum absolute atomic E-state index is 0.0762. The van der Waals surface area contributed by atoms with Crippen molar-refractivity contribution in [3.63, 3.8) is 0 Å². The van der Waals surface area contributed by atoms with E-state index in [-0.39, 0.29) is 17.1 Å². The van der Waals surface area contributed by atoms with Gasteiger partial charge in [0.2, 0.25) is 11.8 Å². The Balaban J connectivity index is 1.60. The Hall–Kier alpha value is -2.90. The molecule has 0 bridgehead atoms. The highest BCUT2D eigenvalue weighted by molar-refractivity contribution is 8.00. The summed E-state index contributed by atoms with van der Waals surface area (Å²) in [4.78, 5) is 29.7. The molecule has 0 saturated carbocycles. The average Bonchev–Trinajstić information content (AvgIpc) is 3.24. The maximum atomic E-state index is 12.5. The van der Waals surface area contributed by atoms with E-state index >= 15 is 0 Å². The number of thiazole rings is 1. The molecule has 148 valence electrons. The SMILES string of the molecule is CCC(Sc1cccc(NC(=O)/C=C/c2ccccc2)c1)C(=O)Nc1nccs1. The Bertz CT molecular complexity index is 973. The minimum Gasteiger partial charge on any atom is -0.322 e. The van der Waals surface area contributed by atoms with Crippen LogP contribution in [0, 0.1) is 0 Å². The summed E-state index contributed by atoms with van der Waals surface area (Å²) in [5.41, 5.74) is 1.65. The van der Waals surface area contributed by atoms with Gasteiger partial charge in [-0.2, -0.15) is 0 Å². The Kier molecular flexibility index (Phi) is 7.61. The third-order valence-electron chi connectivity index (χ3n) is 3.93. The fourth-order valence-corrected chi connectivity index (χ4v) is 4.07. The molecule has 1 atom stereocenters. The van der Waals surface area contributed by atoms with Crippen LogP contribution in [0.3, 0.4) is 0 Å². The Morgan fingerprint density at radius 3 is 2.69 bits per heavy atom. The number of nitrogens with zero attached hydrogens (tertiary/aromatic N) is 1. The van der Waals surface area contributed by atoms with Crippen LogP contribution in [0.15, 0.2) is 77.1 Å². The fourth-order valence-electron chi connectivity index (χ4n) is 2.52. The van der Waals surface area contributed by atoms with Crippen LogP contribution < -0.4 is 10.6 Å². The van der Waals surface area contributed by atoms with E-state index in [4.69, 9.17) is 0 Å². The molecule has 3 rings (SSSR count). The van der Waals surface area contributed by atoms with E-state index < -0.39 is 0 Å². The normalized spacial score (nSPS) is 11.9. The van der Waals surface area contributed by atoms with E-state index in [0.29, 0.717) is 17.2 Å². The number of rotatable bonds is 8. The van der Waals surface area contributed by atoms with Crippen molar-refractivity contribution in [3.8, 4) is 0 Å². The first-order valence-electron chi connectivity index (χ1n) is 9.15. The zero-order valence-corrected chi connectivity index (χ0v) is 17.5. The zero-order chi connectivity index (χ0) is 20.5. The van der Waals surface area contributed by atoms with Crippen LogP contribution in [0.4, 0.5) is 10.8 Å². The molecule has 0 aliphatic heterocycles. The van der Waals surface area contributed by atoms with Gasteiger partial charge in [0, 0.05) is 28.2 Å². The quantitative estimate of drug-likeness (QED) is 0.381. The number of hydrogen-bond donors (Lipinski definition) is 2. The molecule has 2 N–H and O–H groups in total. The van der Waals surface area contributed by atoms with Gasteiger partial charge in [-0.1, -0.05) is 43.3 Å². The summed E-state index contributed by atoms with van der Waals surface area (Å²) < 4.78 is 0. The van der Waals surface area contributed by atoms with Crippen LogP contribution in [-0.4, -0.2) is 22.0 Å². The van der Waals surface area contributed by atoms with Gasteiger partial charge in [-0.15, -0.1) is 23.1 Å². The second-order valence-electron chi connectivity index (χ2n) is 6.10. The van der Waals surface area contributed by atoms with Gasteiger partial charge >= 0.3 is 0 Å². The van der Waals surface area contributed by atoms with Gasteiger partial charge in [-0.25, -0.2) is 4.98 Å². The van der Waals surface area contributed by atoms with Gasteiger partial charge in [-0.3, -0.25) is 9.59 Å². The Morgan fingerprint density at radius 1 is 1.14 bits per heavy atom. The average molecular weight is 424 g/mol. The molecule has 2 aromatic carbocycles. The summed E-state index contributed by atoms with van der Waals surface area (Å²) in [5, 5.41) is 7.87. The van der Waals surface area contributed by atoms with Crippen molar-refractivity contribution < 1.29 is 9.59 Å². The fraction of sp³-hybridized carbons (Fsp3) is 0.136. The van der Waals surface area contributed by atoms with E-state index in [9.17, 15) is 9.59 Å². The maximum absolute atomic E-state index is 12.5. The number of thioether (sulfide) groups is 1. The van der Waals surface area contributed by atoms with E-state index in [1.54, 1.807) is 12.3 Å². The van der Waals surface area contributed by atoms with Gasteiger partial charge in [0.05, 0.1) is 5.25 Å². The van der Waals surface area contributed by atoms with Gasteiger partial charge in [-0.05, 0) is 36.3 Å². The number of hydrogen-bond acceptors (Lipinski definition) is 5. The Morgan fingerprint density at radius 2 is 1.97 bits per heavy atom. The van der Waals surface area contributed by atoms with Crippen molar-refractivity contribution in [1.82, 2.24) is 4.98 Å². The van der Waals surface area contributed by atoms with Crippen molar-refractivity contribution in [2.75, 3.05) is 10.6 Å². The highest BCUT2D eigenvalue weighted by Crippen LogP contribution is 2.28. The summed E-state index contributed by atoms with van der Waals surface area (Å²) in [7, 11) is 0. The number of carbonyl (C=O) groups excluding carboxylic acids is 2. The van der Waals surface area contributed by atoms with E-state index in [2.05, 4.69) is 15.6 Å². The highest BCUT2D eigenvalue weighted by atomic mass is 32.2. The lowest BCUT2D eigenvalue weighted by Crippen LogP contribution is -2.24. The molecule has 1 unspecified atom stereocenters. The minimum atomic E-state index is -0.247. The predicted octanol–water partition coefficient (Wildman–Crippen LogP) is 5.30. The van der Waals surface area contributed by atoms with E-state index in [0.717, 1.165) is 10.5 Å². The smallest absolute Gasteiger partial charge is 0.248 e. The number of aromatic nitrogens is 1. The molecule has 5 nitrogen and oxygen atoms in total. The predicted molar refractivity (Wildman–Crippen MR) is 121 cm³/mol. The molecule has 0 saturated heterocycles. The first-order valence-corrected chi connectivity index (χ1v) is 10.9. The molecule has 0 aliphatic rings. The summed E-state index contributed by atoms with van der Waals surface area (Å²) in [6, 6.07) is 17.1. The largest absolute Gasteiger partial charge is 0.322 e. The number of nitrogens with one attached hydrogen (secondary N) is 2.